The van der Waals surface area contributed by atoms with Crippen LogP contribution < -0.4 is 5.43 Å². The maximum Gasteiger partial charge on any atom is 0.271 e. The Balaban J connectivity index is 1.90. The Morgan fingerprint density at radius 3 is 2.04 bits per heavy atom. The summed E-state index contributed by atoms with van der Waals surface area (Å²) in [7, 11) is 0. The Hall–Kier alpha value is -1.35. The lowest BCUT2D eigenvalue weighted by Crippen LogP contribution is -2.19. The molecule has 1 amide bonds. The van der Waals surface area contributed by atoms with Crippen LogP contribution in [0.25, 0.3) is 0 Å². The van der Waals surface area contributed by atoms with Gasteiger partial charge >= 0.3 is 0 Å². The maximum absolute atomic E-state index is 12.1. The summed E-state index contributed by atoms with van der Waals surface area (Å²) < 4.78 is 0. The first-order valence-corrected chi connectivity index (χ1v) is 9.25. The Morgan fingerprint density at radius 1 is 0.913 bits per heavy atom. The molecule has 1 saturated carbocycles. The average molecular weight is 335 g/mol. The summed E-state index contributed by atoms with van der Waals surface area (Å²) in [4.78, 5) is 12.1. The second-order valence-corrected chi connectivity index (χ2v) is 6.75. The quantitative estimate of drug-likeness (QED) is 0.689. The molecule has 1 aliphatic carbocycles. The van der Waals surface area contributed by atoms with Gasteiger partial charge in [-0.3, -0.25) is 4.79 Å². The molecule has 0 radical (unpaired) electrons. The zero-order valence-corrected chi connectivity index (χ0v) is 14.6. The number of hydrazone groups is 1. The maximum atomic E-state index is 12.1. The lowest BCUT2D eigenvalue weighted by atomic mass is 10.00. The van der Waals surface area contributed by atoms with Crippen LogP contribution in [0.2, 0.25) is 5.02 Å². The third kappa shape index (κ3) is 7.17. The SMILES string of the molecule is O=C(NN=C1CCCCCCCCCCC1)c1cccc(Cl)c1. The van der Waals surface area contributed by atoms with Crippen molar-refractivity contribution in [2.75, 3.05) is 0 Å². The van der Waals surface area contributed by atoms with E-state index in [0.29, 0.717) is 10.6 Å². The van der Waals surface area contributed by atoms with Gasteiger partial charge in [0.25, 0.3) is 5.91 Å². The van der Waals surface area contributed by atoms with Gasteiger partial charge < -0.3 is 0 Å². The van der Waals surface area contributed by atoms with Crippen molar-refractivity contribution < 1.29 is 4.79 Å². The molecule has 4 heteroatoms. The summed E-state index contributed by atoms with van der Waals surface area (Å²) in [6.07, 6.45) is 13.6. The fourth-order valence-corrected chi connectivity index (χ4v) is 3.15. The van der Waals surface area contributed by atoms with E-state index in [1.807, 2.05) is 0 Å². The minimum atomic E-state index is -0.189. The van der Waals surface area contributed by atoms with Crippen LogP contribution in [0.4, 0.5) is 0 Å². The minimum absolute atomic E-state index is 0.189. The largest absolute Gasteiger partial charge is 0.271 e. The molecule has 0 bridgehead atoms. The lowest BCUT2D eigenvalue weighted by Gasteiger charge is -2.10. The molecule has 0 heterocycles. The van der Waals surface area contributed by atoms with Gasteiger partial charge in [0.05, 0.1) is 0 Å². The number of rotatable bonds is 2. The highest BCUT2D eigenvalue weighted by molar-refractivity contribution is 6.30. The first-order valence-electron chi connectivity index (χ1n) is 8.87. The summed E-state index contributed by atoms with van der Waals surface area (Å²) in [5.41, 5.74) is 4.38. The normalized spacial score (nSPS) is 17.7. The summed E-state index contributed by atoms with van der Waals surface area (Å²) in [5.74, 6) is -0.189. The van der Waals surface area contributed by atoms with Gasteiger partial charge in [0, 0.05) is 16.3 Å². The second-order valence-electron chi connectivity index (χ2n) is 6.31. The van der Waals surface area contributed by atoms with Gasteiger partial charge in [0.15, 0.2) is 0 Å². The molecule has 0 aliphatic heterocycles. The van der Waals surface area contributed by atoms with Gasteiger partial charge in [0.1, 0.15) is 0 Å². The molecular formula is C19H27ClN2O. The van der Waals surface area contributed by atoms with E-state index in [1.54, 1.807) is 24.3 Å². The van der Waals surface area contributed by atoms with Crippen molar-refractivity contribution in [3.63, 3.8) is 0 Å². The second kappa shape index (κ2) is 10.4. The first-order chi connectivity index (χ1) is 11.3. The van der Waals surface area contributed by atoms with Gasteiger partial charge in [-0.1, -0.05) is 62.6 Å². The third-order valence-corrected chi connectivity index (χ3v) is 4.57. The molecule has 126 valence electrons. The number of benzene rings is 1. The molecule has 0 aromatic heterocycles. The van der Waals surface area contributed by atoms with E-state index in [2.05, 4.69) is 10.5 Å². The van der Waals surface area contributed by atoms with Gasteiger partial charge in [-0.2, -0.15) is 5.10 Å². The highest BCUT2D eigenvalue weighted by Gasteiger charge is 2.07. The van der Waals surface area contributed by atoms with Crippen molar-refractivity contribution in [2.45, 2.75) is 70.6 Å². The number of amides is 1. The number of nitrogens with one attached hydrogen (secondary N) is 1. The molecule has 23 heavy (non-hydrogen) atoms. The molecular weight excluding hydrogens is 308 g/mol. The van der Waals surface area contributed by atoms with Crippen LogP contribution in [0, 0.1) is 0 Å². The average Bonchev–Trinajstić information content (AvgIpc) is 2.54. The number of halogens is 1. The molecule has 0 saturated heterocycles. The van der Waals surface area contributed by atoms with Crippen molar-refractivity contribution in [1.82, 2.24) is 5.43 Å². The summed E-state index contributed by atoms with van der Waals surface area (Å²) >= 11 is 5.92. The van der Waals surface area contributed by atoms with Crippen molar-refractivity contribution in [2.24, 2.45) is 5.10 Å². The number of carbonyl (C=O) groups excluding carboxylic acids is 1. The van der Waals surface area contributed by atoms with E-state index in [0.717, 1.165) is 18.6 Å². The standard InChI is InChI=1S/C19H27ClN2O/c20-17-12-10-11-16(15-17)19(23)22-21-18-13-8-6-4-2-1-3-5-7-9-14-18/h10-12,15H,1-9,13-14H2,(H,22,23). The number of hydrogen-bond donors (Lipinski definition) is 1. The van der Waals surface area contributed by atoms with Gasteiger partial charge in [-0.15, -0.1) is 0 Å². The summed E-state index contributed by atoms with van der Waals surface area (Å²) in [5, 5.41) is 4.96. The molecule has 1 aliphatic rings. The number of hydrogen-bond acceptors (Lipinski definition) is 2. The molecule has 1 aromatic rings. The van der Waals surface area contributed by atoms with Crippen molar-refractivity contribution in [3.8, 4) is 0 Å². The van der Waals surface area contributed by atoms with E-state index in [1.165, 1.54) is 57.8 Å². The monoisotopic (exact) mass is 334 g/mol. The topological polar surface area (TPSA) is 41.5 Å². The fourth-order valence-electron chi connectivity index (χ4n) is 2.96. The van der Waals surface area contributed by atoms with Crippen molar-refractivity contribution in [1.29, 1.82) is 0 Å². The Labute approximate surface area is 144 Å². The summed E-state index contributed by atoms with van der Waals surface area (Å²) in [6.45, 7) is 0. The number of carbonyl (C=O) groups is 1. The van der Waals surface area contributed by atoms with Crippen LogP contribution >= 0.6 is 11.6 Å². The van der Waals surface area contributed by atoms with Crippen LogP contribution in [0.5, 0.6) is 0 Å². The molecule has 1 N–H and O–H groups in total. The molecule has 0 atom stereocenters. The van der Waals surface area contributed by atoms with Gasteiger partial charge in [0.2, 0.25) is 0 Å². The zero-order valence-electron chi connectivity index (χ0n) is 13.8. The fraction of sp³-hybridized carbons (Fsp3) is 0.579. The van der Waals surface area contributed by atoms with Gasteiger partial charge in [-0.25, -0.2) is 5.43 Å². The molecule has 1 aromatic carbocycles. The minimum Gasteiger partial charge on any atom is -0.267 e. The predicted octanol–water partition coefficient (Wildman–Crippen LogP) is 5.73. The first kappa shape index (κ1) is 18.0. The molecule has 0 spiro atoms. The van der Waals surface area contributed by atoms with Crippen LogP contribution in [0.15, 0.2) is 29.4 Å². The predicted molar refractivity (Wildman–Crippen MR) is 97.1 cm³/mol. The smallest absolute Gasteiger partial charge is 0.267 e. The van der Waals surface area contributed by atoms with Crippen LogP contribution in [-0.2, 0) is 0 Å². The Morgan fingerprint density at radius 2 is 1.48 bits per heavy atom. The molecule has 3 nitrogen and oxygen atoms in total. The van der Waals surface area contributed by atoms with E-state index in [9.17, 15) is 4.79 Å². The third-order valence-electron chi connectivity index (χ3n) is 4.33. The van der Waals surface area contributed by atoms with Crippen LogP contribution in [0.1, 0.15) is 81.0 Å². The summed E-state index contributed by atoms with van der Waals surface area (Å²) in [6, 6.07) is 6.96. The van der Waals surface area contributed by atoms with Crippen LogP contribution in [-0.4, -0.2) is 11.6 Å². The highest BCUT2D eigenvalue weighted by Crippen LogP contribution is 2.15. The van der Waals surface area contributed by atoms with Crippen molar-refractivity contribution >= 4 is 23.2 Å². The van der Waals surface area contributed by atoms with Gasteiger partial charge in [-0.05, 0) is 43.9 Å². The van der Waals surface area contributed by atoms with E-state index >= 15 is 0 Å². The van der Waals surface area contributed by atoms with E-state index < -0.39 is 0 Å². The highest BCUT2D eigenvalue weighted by atomic mass is 35.5. The Kier molecular flexibility index (Phi) is 8.16. The molecule has 2 rings (SSSR count). The lowest BCUT2D eigenvalue weighted by molar-refractivity contribution is 0.0954. The Bertz CT molecular complexity index is 514. The van der Waals surface area contributed by atoms with E-state index in [-0.39, 0.29) is 5.91 Å². The van der Waals surface area contributed by atoms with Crippen molar-refractivity contribution in [3.05, 3.63) is 34.9 Å². The van der Waals surface area contributed by atoms with E-state index in [4.69, 9.17) is 11.6 Å². The zero-order chi connectivity index (χ0) is 16.3. The molecule has 1 fully saturated rings. The number of nitrogens with zero attached hydrogens (tertiary/aromatic N) is 1. The molecule has 0 unspecified atom stereocenters. The van der Waals surface area contributed by atoms with Crippen LogP contribution in [0.3, 0.4) is 0 Å².